The highest BCUT2D eigenvalue weighted by atomic mass is 32.1. The molecule has 1 aliphatic rings. The van der Waals surface area contributed by atoms with Gasteiger partial charge in [0.05, 0.1) is 51.9 Å². The Kier molecular flexibility index (Phi) is 7.69. The molecule has 3 amide bonds. The summed E-state index contributed by atoms with van der Waals surface area (Å²) in [6.07, 6.45) is 4.19. The molecule has 11 nitrogen and oxygen atoms in total. The van der Waals surface area contributed by atoms with E-state index >= 15 is 0 Å². The first kappa shape index (κ1) is 28.8. The molecule has 0 spiro atoms. The Morgan fingerprint density at radius 2 is 1.77 bits per heavy atom. The summed E-state index contributed by atoms with van der Waals surface area (Å²) in [6.45, 7) is 2.42. The number of ether oxygens (including phenoxy) is 1. The SMILES string of the molecule is Cc1cn(-c2ccc(C(F)(F)F)cc2NC(=O)Nc2cnc(Oc3ccc(-c4cnc(N5CCCC5=O)s4)cc3)nc2)cn1. The number of benzene rings is 2. The molecule has 1 aliphatic heterocycles. The lowest BCUT2D eigenvalue weighted by atomic mass is 10.1. The minimum Gasteiger partial charge on any atom is -0.424 e. The zero-order valence-corrected chi connectivity index (χ0v) is 23.8. The van der Waals surface area contributed by atoms with Gasteiger partial charge in [-0.15, -0.1) is 0 Å². The molecule has 2 aromatic carbocycles. The summed E-state index contributed by atoms with van der Waals surface area (Å²) in [7, 11) is 0. The van der Waals surface area contributed by atoms with E-state index < -0.39 is 17.8 Å². The second-order valence-electron chi connectivity index (χ2n) is 9.77. The Morgan fingerprint density at radius 3 is 2.43 bits per heavy atom. The first-order valence-electron chi connectivity index (χ1n) is 13.3. The van der Waals surface area contributed by atoms with Gasteiger partial charge in [-0.25, -0.2) is 24.7 Å². The van der Waals surface area contributed by atoms with Crippen molar-refractivity contribution in [3.8, 4) is 27.9 Å². The average Bonchev–Trinajstić information content (AvgIpc) is 3.75. The Morgan fingerprint density at radius 1 is 1.00 bits per heavy atom. The lowest BCUT2D eigenvalue weighted by Crippen LogP contribution is -2.23. The molecule has 1 saturated heterocycles. The van der Waals surface area contributed by atoms with Crippen molar-refractivity contribution in [1.82, 2.24) is 24.5 Å². The molecule has 15 heteroatoms. The topological polar surface area (TPSA) is 127 Å². The third kappa shape index (κ3) is 6.36. The van der Waals surface area contributed by atoms with E-state index in [1.54, 1.807) is 36.4 Å². The normalized spacial score (nSPS) is 13.3. The van der Waals surface area contributed by atoms with Crippen LogP contribution in [0.3, 0.4) is 0 Å². The van der Waals surface area contributed by atoms with Crippen molar-refractivity contribution in [2.45, 2.75) is 25.9 Å². The summed E-state index contributed by atoms with van der Waals surface area (Å²) >= 11 is 1.44. The number of aryl methyl sites for hydroxylation is 1. The lowest BCUT2D eigenvalue weighted by Gasteiger charge is -2.15. The van der Waals surface area contributed by atoms with Crippen molar-refractivity contribution in [3.63, 3.8) is 0 Å². The van der Waals surface area contributed by atoms with Crippen LogP contribution in [-0.2, 0) is 11.0 Å². The smallest absolute Gasteiger partial charge is 0.416 e. The molecule has 0 radical (unpaired) electrons. The average molecular weight is 621 g/mol. The van der Waals surface area contributed by atoms with Gasteiger partial charge < -0.3 is 19.9 Å². The summed E-state index contributed by atoms with van der Waals surface area (Å²) in [4.78, 5) is 44.0. The monoisotopic (exact) mass is 620 g/mol. The number of anilines is 3. The molecule has 5 aromatic rings. The second kappa shape index (κ2) is 11.8. The van der Waals surface area contributed by atoms with E-state index in [4.69, 9.17) is 4.74 Å². The first-order chi connectivity index (χ1) is 21.1. The minimum absolute atomic E-state index is 0.0203. The molecule has 4 heterocycles. The number of hydrogen-bond acceptors (Lipinski definition) is 8. The lowest BCUT2D eigenvalue weighted by molar-refractivity contribution is -0.137. The van der Waals surface area contributed by atoms with Crippen LogP contribution in [0.5, 0.6) is 11.8 Å². The van der Waals surface area contributed by atoms with Crippen LogP contribution in [0.15, 0.2) is 73.6 Å². The Balaban J connectivity index is 1.09. The molecule has 0 atom stereocenters. The van der Waals surface area contributed by atoms with Gasteiger partial charge in [-0.1, -0.05) is 11.3 Å². The maximum Gasteiger partial charge on any atom is 0.416 e. The van der Waals surface area contributed by atoms with Crippen LogP contribution < -0.4 is 20.3 Å². The number of aromatic nitrogens is 5. The van der Waals surface area contributed by atoms with Crippen LogP contribution in [0.1, 0.15) is 24.1 Å². The van der Waals surface area contributed by atoms with Crippen molar-refractivity contribution in [2.75, 3.05) is 22.1 Å². The van der Waals surface area contributed by atoms with Gasteiger partial charge in [-0.2, -0.15) is 13.2 Å². The van der Waals surface area contributed by atoms with E-state index in [0.29, 0.717) is 35.2 Å². The van der Waals surface area contributed by atoms with Crippen molar-refractivity contribution in [1.29, 1.82) is 0 Å². The number of carbonyl (C=O) groups is 2. The molecular weight excluding hydrogens is 597 g/mol. The molecule has 0 aliphatic carbocycles. The van der Waals surface area contributed by atoms with E-state index in [0.717, 1.165) is 29.0 Å². The zero-order valence-electron chi connectivity index (χ0n) is 23.0. The van der Waals surface area contributed by atoms with E-state index in [1.807, 2.05) is 12.1 Å². The molecule has 0 unspecified atom stereocenters. The first-order valence-corrected chi connectivity index (χ1v) is 14.1. The van der Waals surface area contributed by atoms with Crippen LogP contribution in [0.2, 0.25) is 0 Å². The quantitative estimate of drug-likeness (QED) is 0.208. The summed E-state index contributed by atoms with van der Waals surface area (Å²) in [5.74, 6) is 0.556. The molecule has 0 saturated carbocycles. The Hall–Kier alpha value is -5.31. The standard InChI is InChI=1S/C29H23F3N8O3S/c1-17-15-39(16-36-17)23-9-6-19(29(30,31)32)11-22(23)38-26(42)37-20-12-33-27(34-13-20)43-21-7-4-18(5-8-21)24-14-35-28(44-24)40-10-2-3-25(40)41/h4-9,11-16H,2-3,10H2,1H3,(H2,37,38,42). The van der Waals surface area contributed by atoms with Crippen molar-refractivity contribution in [3.05, 3.63) is 84.8 Å². The number of nitrogens with one attached hydrogen (secondary N) is 2. The fraction of sp³-hybridized carbons (Fsp3) is 0.172. The van der Waals surface area contributed by atoms with Gasteiger partial charge in [0, 0.05) is 25.4 Å². The van der Waals surface area contributed by atoms with Crippen LogP contribution in [0.4, 0.5) is 34.5 Å². The molecule has 2 N–H and O–H groups in total. The van der Waals surface area contributed by atoms with Crippen molar-refractivity contribution < 1.29 is 27.5 Å². The fourth-order valence-electron chi connectivity index (χ4n) is 4.47. The maximum absolute atomic E-state index is 13.4. The molecular formula is C29H23F3N8O3S. The van der Waals surface area contributed by atoms with Gasteiger partial charge in [0.1, 0.15) is 5.75 Å². The third-order valence-electron chi connectivity index (χ3n) is 6.59. The van der Waals surface area contributed by atoms with Gasteiger partial charge in [0.25, 0.3) is 0 Å². The molecule has 0 bridgehead atoms. The van der Waals surface area contributed by atoms with E-state index in [-0.39, 0.29) is 23.3 Å². The maximum atomic E-state index is 13.4. The van der Waals surface area contributed by atoms with Crippen LogP contribution >= 0.6 is 11.3 Å². The third-order valence-corrected chi connectivity index (χ3v) is 7.66. The summed E-state index contributed by atoms with van der Waals surface area (Å²) in [5, 5.41) is 5.65. The molecule has 44 heavy (non-hydrogen) atoms. The number of hydrogen-bond donors (Lipinski definition) is 2. The van der Waals surface area contributed by atoms with E-state index in [2.05, 4.69) is 30.6 Å². The largest absolute Gasteiger partial charge is 0.424 e. The number of alkyl halides is 3. The van der Waals surface area contributed by atoms with E-state index in [1.165, 1.54) is 40.7 Å². The number of thiazole rings is 1. The van der Waals surface area contributed by atoms with E-state index in [9.17, 15) is 22.8 Å². The van der Waals surface area contributed by atoms with Gasteiger partial charge in [-0.3, -0.25) is 9.69 Å². The fourth-order valence-corrected chi connectivity index (χ4v) is 5.44. The van der Waals surface area contributed by atoms with Crippen LogP contribution in [-0.4, -0.2) is 43.0 Å². The highest BCUT2D eigenvalue weighted by molar-refractivity contribution is 7.19. The summed E-state index contributed by atoms with van der Waals surface area (Å²) in [6, 6.07) is 9.46. The summed E-state index contributed by atoms with van der Waals surface area (Å²) in [5.41, 5.74) is 1.07. The second-order valence-corrected chi connectivity index (χ2v) is 10.8. The Labute approximate surface area is 252 Å². The zero-order chi connectivity index (χ0) is 30.8. The van der Waals surface area contributed by atoms with Crippen molar-refractivity contribution in [2.24, 2.45) is 0 Å². The summed E-state index contributed by atoms with van der Waals surface area (Å²) < 4.78 is 47.3. The number of carbonyl (C=O) groups excluding carboxylic acids is 2. The highest BCUT2D eigenvalue weighted by Crippen LogP contribution is 2.35. The number of urea groups is 1. The minimum atomic E-state index is -4.60. The van der Waals surface area contributed by atoms with Gasteiger partial charge in [-0.05, 0) is 61.4 Å². The van der Waals surface area contributed by atoms with Crippen LogP contribution in [0.25, 0.3) is 16.1 Å². The number of amides is 3. The number of rotatable bonds is 7. The van der Waals surface area contributed by atoms with Crippen molar-refractivity contribution >= 4 is 39.8 Å². The molecule has 224 valence electrons. The predicted molar refractivity (Wildman–Crippen MR) is 157 cm³/mol. The van der Waals surface area contributed by atoms with Gasteiger partial charge in [0.15, 0.2) is 5.13 Å². The van der Waals surface area contributed by atoms with Crippen LogP contribution in [0, 0.1) is 6.92 Å². The number of imidazole rings is 1. The molecule has 6 rings (SSSR count). The predicted octanol–water partition coefficient (Wildman–Crippen LogP) is 6.68. The number of nitrogens with zero attached hydrogens (tertiary/aromatic N) is 6. The highest BCUT2D eigenvalue weighted by Gasteiger charge is 2.31. The Bertz CT molecular complexity index is 1820. The van der Waals surface area contributed by atoms with Gasteiger partial charge >= 0.3 is 18.2 Å². The molecule has 3 aromatic heterocycles. The molecule has 1 fully saturated rings. The van der Waals surface area contributed by atoms with Gasteiger partial charge in [0.2, 0.25) is 5.91 Å². The number of halogens is 3.